The first-order valence-corrected chi connectivity index (χ1v) is 10.3. The van der Waals surface area contributed by atoms with Crippen molar-refractivity contribution in [3.63, 3.8) is 0 Å². The lowest BCUT2D eigenvalue weighted by Crippen LogP contribution is -2.36. The highest BCUT2D eigenvalue weighted by Gasteiger charge is 2.38. The van der Waals surface area contributed by atoms with Gasteiger partial charge in [-0.2, -0.15) is 13.2 Å². The Labute approximate surface area is 189 Å². The van der Waals surface area contributed by atoms with Gasteiger partial charge in [0.15, 0.2) is 0 Å². The summed E-state index contributed by atoms with van der Waals surface area (Å²) >= 11 is 3.26. The minimum absolute atomic E-state index is 0.0274. The molecule has 2 aromatic carbocycles. The summed E-state index contributed by atoms with van der Waals surface area (Å²) in [5.41, 5.74) is 1.15. The average Bonchev–Trinajstić information content (AvgIpc) is 2.96. The van der Waals surface area contributed by atoms with E-state index in [-0.39, 0.29) is 25.1 Å². The molecule has 1 aliphatic heterocycles. The minimum Gasteiger partial charge on any atom is -0.344 e. The molecule has 3 rings (SSSR count). The van der Waals surface area contributed by atoms with Gasteiger partial charge in [0.25, 0.3) is 11.8 Å². The van der Waals surface area contributed by atoms with Crippen LogP contribution in [0.25, 0.3) is 0 Å². The second-order valence-corrected chi connectivity index (χ2v) is 7.86. The van der Waals surface area contributed by atoms with Crippen LogP contribution in [0.15, 0.2) is 46.9 Å². The maximum Gasteiger partial charge on any atom is 0.471 e. The molecule has 11 heteroatoms. The summed E-state index contributed by atoms with van der Waals surface area (Å²) in [7, 11) is 0. The highest BCUT2D eigenvalue weighted by atomic mass is 79.9. The molecule has 2 aromatic rings. The number of carbonyl (C=O) groups is 4. The van der Waals surface area contributed by atoms with Gasteiger partial charge in [-0.1, -0.05) is 34.1 Å². The molecule has 0 atom stereocenters. The molecule has 0 spiro atoms. The van der Waals surface area contributed by atoms with Gasteiger partial charge in [0.05, 0.1) is 11.1 Å². The number of carbonyl (C=O) groups excluding carboxylic acids is 4. The van der Waals surface area contributed by atoms with E-state index in [1.54, 1.807) is 35.6 Å². The van der Waals surface area contributed by atoms with Gasteiger partial charge in [-0.25, -0.2) is 0 Å². The Morgan fingerprint density at radius 3 is 2.41 bits per heavy atom. The molecule has 4 amide bonds. The van der Waals surface area contributed by atoms with Crippen molar-refractivity contribution in [3.8, 4) is 0 Å². The van der Waals surface area contributed by atoms with Crippen molar-refractivity contribution >= 4 is 45.2 Å². The van der Waals surface area contributed by atoms with Gasteiger partial charge >= 0.3 is 12.1 Å². The zero-order valence-corrected chi connectivity index (χ0v) is 18.0. The zero-order chi connectivity index (χ0) is 23.5. The van der Waals surface area contributed by atoms with Crippen molar-refractivity contribution < 1.29 is 32.3 Å². The van der Waals surface area contributed by atoms with Crippen molar-refractivity contribution in [1.29, 1.82) is 0 Å². The molecule has 7 nitrogen and oxygen atoms in total. The Bertz CT molecular complexity index is 1090. The van der Waals surface area contributed by atoms with Crippen molar-refractivity contribution in [3.05, 3.63) is 63.6 Å². The molecule has 0 unspecified atom stereocenters. The molecule has 168 valence electrons. The molecular weight excluding hydrogens is 495 g/mol. The third-order valence-electron chi connectivity index (χ3n) is 4.71. The summed E-state index contributed by atoms with van der Waals surface area (Å²) in [6.45, 7) is -0.375. The van der Waals surface area contributed by atoms with Crippen molar-refractivity contribution in [2.24, 2.45) is 0 Å². The number of fused-ring (bicyclic) bond motifs is 1. The SMILES string of the molecule is O=C(CCCN1C(=O)c2ccc(Br)cc2C1=O)Nc1ccccc1CNC(=O)C(F)(F)F. The number of nitrogens with one attached hydrogen (secondary N) is 2. The number of nitrogens with zero attached hydrogens (tertiary/aromatic N) is 1. The van der Waals surface area contributed by atoms with Gasteiger partial charge in [0.2, 0.25) is 5.91 Å². The van der Waals surface area contributed by atoms with Crippen molar-refractivity contribution in [2.45, 2.75) is 25.6 Å². The molecule has 0 aromatic heterocycles. The fourth-order valence-electron chi connectivity index (χ4n) is 3.15. The predicted molar refractivity (Wildman–Crippen MR) is 112 cm³/mol. The van der Waals surface area contributed by atoms with E-state index < -0.39 is 36.3 Å². The zero-order valence-electron chi connectivity index (χ0n) is 16.5. The number of halogens is 4. The lowest BCUT2D eigenvalue weighted by atomic mass is 10.1. The monoisotopic (exact) mass is 511 g/mol. The van der Waals surface area contributed by atoms with Crippen LogP contribution in [0, 0.1) is 0 Å². The van der Waals surface area contributed by atoms with E-state index in [4.69, 9.17) is 0 Å². The van der Waals surface area contributed by atoms with Gasteiger partial charge in [-0.3, -0.25) is 24.1 Å². The topological polar surface area (TPSA) is 95.6 Å². The second kappa shape index (κ2) is 9.51. The van der Waals surface area contributed by atoms with Gasteiger partial charge in [-0.15, -0.1) is 0 Å². The number of hydrogen-bond donors (Lipinski definition) is 2. The summed E-state index contributed by atoms with van der Waals surface area (Å²) in [5, 5.41) is 4.33. The largest absolute Gasteiger partial charge is 0.471 e. The standard InChI is InChI=1S/C21H17BrF3N3O4/c22-13-7-8-14-15(10-13)19(31)28(18(14)30)9-3-6-17(29)27-16-5-2-1-4-12(16)11-26-20(32)21(23,24)25/h1-2,4-5,7-8,10H,3,6,9,11H2,(H,26,32)(H,27,29). The molecule has 1 aliphatic rings. The van der Waals surface area contributed by atoms with E-state index in [1.807, 2.05) is 0 Å². The average molecular weight is 512 g/mol. The van der Waals surface area contributed by atoms with E-state index >= 15 is 0 Å². The Hall–Kier alpha value is -3.21. The first-order valence-electron chi connectivity index (χ1n) is 9.46. The molecule has 0 saturated carbocycles. The van der Waals surface area contributed by atoms with Crippen LogP contribution < -0.4 is 10.6 Å². The molecule has 1 heterocycles. The number of alkyl halides is 3. The Morgan fingerprint density at radius 1 is 1.00 bits per heavy atom. The van der Waals surface area contributed by atoms with Crippen molar-refractivity contribution in [1.82, 2.24) is 10.2 Å². The van der Waals surface area contributed by atoms with E-state index in [1.165, 1.54) is 12.1 Å². The predicted octanol–water partition coefficient (Wildman–Crippen LogP) is 3.64. The Morgan fingerprint density at radius 2 is 1.69 bits per heavy atom. The van der Waals surface area contributed by atoms with Crippen LogP contribution in [-0.4, -0.2) is 41.2 Å². The first-order chi connectivity index (χ1) is 15.1. The molecule has 0 aliphatic carbocycles. The van der Waals surface area contributed by atoms with E-state index in [2.05, 4.69) is 21.2 Å². The molecular formula is C21H17BrF3N3O4. The summed E-state index contributed by atoms with van der Waals surface area (Å²) in [5.74, 6) is -3.38. The summed E-state index contributed by atoms with van der Waals surface area (Å²) in [4.78, 5) is 49.2. The van der Waals surface area contributed by atoms with Gasteiger partial charge in [0.1, 0.15) is 0 Å². The first kappa shape index (κ1) is 23.5. The Balaban J connectivity index is 1.53. The van der Waals surface area contributed by atoms with E-state index in [0.717, 1.165) is 4.90 Å². The lowest BCUT2D eigenvalue weighted by Gasteiger charge is -2.15. The minimum atomic E-state index is -5.00. The molecule has 0 radical (unpaired) electrons. The summed E-state index contributed by atoms with van der Waals surface area (Å²) < 4.78 is 37.7. The highest BCUT2D eigenvalue weighted by molar-refractivity contribution is 9.10. The van der Waals surface area contributed by atoms with E-state index in [9.17, 15) is 32.3 Å². The number of amides is 4. The van der Waals surface area contributed by atoms with Crippen LogP contribution in [-0.2, 0) is 16.1 Å². The van der Waals surface area contributed by atoms with Crippen LogP contribution in [0.4, 0.5) is 18.9 Å². The maximum absolute atomic E-state index is 12.4. The van der Waals surface area contributed by atoms with Gasteiger partial charge < -0.3 is 10.6 Å². The summed E-state index contributed by atoms with van der Waals surface area (Å²) in [6, 6.07) is 10.9. The van der Waals surface area contributed by atoms with Gasteiger partial charge in [0, 0.05) is 29.7 Å². The molecule has 32 heavy (non-hydrogen) atoms. The number of benzene rings is 2. The number of rotatable bonds is 7. The molecule has 0 bridgehead atoms. The van der Waals surface area contributed by atoms with Crippen LogP contribution in [0.2, 0.25) is 0 Å². The fourth-order valence-corrected chi connectivity index (χ4v) is 3.51. The van der Waals surface area contributed by atoms with Crippen molar-refractivity contribution in [2.75, 3.05) is 11.9 Å². The highest BCUT2D eigenvalue weighted by Crippen LogP contribution is 2.26. The summed E-state index contributed by atoms with van der Waals surface area (Å²) in [6.07, 6.45) is -4.83. The van der Waals surface area contributed by atoms with Crippen LogP contribution in [0.1, 0.15) is 39.1 Å². The van der Waals surface area contributed by atoms with Crippen LogP contribution in [0.5, 0.6) is 0 Å². The second-order valence-electron chi connectivity index (χ2n) is 6.94. The molecule has 2 N–H and O–H groups in total. The lowest BCUT2D eigenvalue weighted by molar-refractivity contribution is -0.173. The Kier molecular flexibility index (Phi) is 6.97. The van der Waals surface area contributed by atoms with E-state index in [0.29, 0.717) is 21.2 Å². The maximum atomic E-state index is 12.4. The number of imide groups is 1. The smallest absolute Gasteiger partial charge is 0.344 e. The third-order valence-corrected chi connectivity index (χ3v) is 5.20. The normalized spacial score (nSPS) is 13.2. The van der Waals surface area contributed by atoms with Gasteiger partial charge in [-0.05, 0) is 36.2 Å². The molecule has 0 fully saturated rings. The number of hydrogen-bond acceptors (Lipinski definition) is 4. The number of anilines is 1. The fraction of sp³-hybridized carbons (Fsp3) is 0.238. The third kappa shape index (κ3) is 5.34. The molecule has 0 saturated heterocycles. The number of para-hydroxylation sites is 1. The van der Waals surface area contributed by atoms with Crippen LogP contribution >= 0.6 is 15.9 Å². The quantitative estimate of drug-likeness (QED) is 0.554. The van der Waals surface area contributed by atoms with Crippen LogP contribution in [0.3, 0.4) is 0 Å².